The van der Waals surface area contributed by atoms with Crippen molar-refractivity contribution in [3.63, 3.8) is 0 Å². The highest BCUT2D eigenvalue weighted by atomic mass is 32.1. The van der Waals surface area contributed by atoms with Crippen molar-refractivity contribution < 1.29 is 0 Å². The number of nitriles is 1. The number of rotatable bonds is 3. The molecule has 1 atom stereocenters. The summed E-state index contributed by atoms with van der Waals surface area (Å²) < 4.78 is 0. The highest BCUT2D eigenvalue weighted by molar-refractivity contribution is 7.12. The van der Waals surface area contributed by atoms with Gasteiger partial charge in [0.1, 0.15) is 6.04 Å². The maximum absolute atomic E-state index is 9.42. The summed E-state index contributed by atoms with van der Waals surface area (Å²) in [6, 6.07) is 6.78. The van der Waals surface area contributed by atoms with E-state index in [1.807, 2.05) is 0 Å². The van der Waals surface area contributed by atoms with Gasteiger partial charge in [0.15, 0.2) is 0 Å². The Bertz CT molecular complexity index is 383. The van der Waals surface area contributed by atoms with E-state index in [0.717, 1.165) is 19.5 Å². The van der Waals surface area contributed by atoms with Crippen LogP contribution in [-0.4, -0.2) is 18.0 Å². The zero-order valence-corrected chi connectivity index (χ0v) is 11.3. The van der Waals surface area contributed by atoms with Gasteiger partial charge in [-0.1, -0.05) is 19.8 Å². The molecule has 1 unspecified atom stereocenters. The number of likely N-dealkylation sites (tertiary alicyclic amines) is 1. The normalized spacial score (nSPS) is 19.5. The number of aryl methyl sites for hydroxylation is 1. The van der Waals surface area contributed by atoms with Gasteiger partial charge in [0.25, 0.3) is 0 Å². The summed E-state index contributed by atoms with van der Waals surface area (Å²) in [5.74, 6) is 0. The fraction of sp³-hybridized carbons (Fsp3) is 0.643. The molecule has 1 fully saturated rings. The van der Waals surface area contributed by atoms with E-state index < -0.39 is 0 Å². The molecule has 0 aromatic carbocycles. The summed E-state index contributed by atoms with van der Waals surface area (Å²) in [6.07, 6.45) is 6.19. The van der Waals surface area contributed by atoms with Gasteiger partial charge >= 0.3 is 0 Å². The average molecular weight is 248 g/mol. The van der Waals surface area contributed by atoms with Crippen LogP contribution in [0.3, 0.4) is 0 Å². The number of nitrogens with zero attached hydrogens (tertiary/aromatic N) is 2. The lowest BCUT2D eigenvalue weighted by atomic mass is 10.2. The molecule has 3 heteroatoms. The standard InChI is InChI=1S/C14H20N2S/c1-2-12-7-8-14(17-12)13(11-15)16-9-5-3-4-6-10-16/h7-8,13H,2-6,9-10H2,1H3. The van der Waals surface area contributed by atoms with Crippen LogP contribution in [0, 0.1) is 11.3 Å². The van der Waals surface area contributed by atoms with Gasteiger partial charge in [-0.15, -0.1) is 11.3 Å². The molecule has 0 saturated carbocycles. The van der Waals surface area contributed by atoms with Crippen molar-refractivity contribution in [2.75, 3.05) is 13.1 Å². The number of hydrogen-bond acceptors (Lipinski definition) is 3. The Morgan fingerprint density at radius 2 is 2.00 bits per heavy atom. The molecule has 2 nitrogen and oxygen atoms in total. The van der Waals surface area contributed by atoms with Crippen LogP contribution in [0.4, 0.5) is 0 Å². The van der Waals surface area contributed by atoms with Gasteiger partial charge in [-0.05, 0) is 44.5 Å². The van der Waals surface area contributed by atoms with E-state index in [0.29, 0.717) is 0 Å². The van der Waals surface area contributed by atoms with Crippen molar-refractivity contribution >= 4 is 11.3 Å². The molecule has 2 rings (SSSR count). The summed E-state index contributed by atoms with van der Waals surface area (Å²) >= 11 is 1.80. The molecule has 0 radical (unpaired) electrons. The third kappa shape index (κ3) is 3.08. The van der Waals surface area contributed by atoms with Gasteiger partial charge < -0.3 is 0 Å². The fourth-order valence-corrected chi connectivity index (χ4v) is 3.44. The third-order valence-electron chi connectivity index (χ3n) is 3.43. The third-order valence-corrected chi connectivity index (χ3v) is 4.71. The largest absolute Gasteiger partial charge is 0.284 e. The van der Waals surface area contributed by atoms with Gasteiger partial charge in [-0.2, -0.15) is 5.26 Å². The Morgan fingerprint density at radius 1 is 1.29 bits per heavy atom. The first-order valence-electron chi connectivity index (χ1n) is 6.57. The highest BCUT2D eigenvalue weighted by Gasteiger charge is 2.22. The minimum atomic E-state index is -0.0154. The van der Waals surface area contributed by atoms with Crippen molar-refractivity contribution in [1.29, 1.82) is 5.26 Å². The van der Waals surface area contributed by atoms with E-state index in [9.17, 15) is 5.26 Å². The molecule has 0 amide bonds. The van der Waals surface area contributed by atoms with Crippen LogP contribution in [0.1, 0.15) is 48.4 Å². The van der Waals surface area contributed by atoms with E-state index in [2.05, 4.69) is 30.0 Å². The van der Waals surface area contributed by atoms with E-state index in [-0.39, 0.29) is 6.04 Å². The zero-order valence-electron chi connectivity index (χ0n) is 10.5. The topological polar surface area (TPSA) is 27.0 Å². The quantitative estimate of drug-likeness (QED) is 0.814. The maximum atomic E-state index is 9.42. The molecule has 0 spiro atoms. The predicted molar refractivity (Wildman–Crippen MR) is 72.1 cm³/mol. The minimum Gasteiger partial charge on any atom is -0.284 e. The first-order chi connectivity index (χ1) is 8.35. The molecule has 1 aliphatic heterocycles. The van der Waals surface area contributed by atoms with Crippen LogP contribution < -0.4 is 0 Å². The summed E-state index contributed by atoms with van der Waals surface area (Å²) in [6.45, 7) is 4.33. The van der Waals surface area contributed by atoms with Crippen molar-refractivity contribution in [2.24, 2.45) is 0 Å². The van der Waals surface area contributed by atoms with Gasteiger partial charge in [-0.25, -0.2) is 0 Å². The Balaban J connectivity index is 2.11. The molecule has 1 aliphatic rings. The van der Waals surface area contributed by atoms with Crippen LogP contribution in [0.2, 0.25) is 0 Å². The summed E-state index contributed by atoms with van der Waals surface area (Å²) in [7, 11) is 0. The molecular weight excluding hydrogens is 228 g/mol. The second-order valence-electron chi connectivity index (χ2n) is 4.64. The van der Waals surface area contributed by atoms with Crippen molar-refractivity contribution in [3.8, 4) is 6.07 Å². The lowest BCUT2D eigenvalue weighted by Gasteiger charge is -2.24. The second kappa shape index (κ2) is 6.18. The summed E-state index contributed by atoms with van der Waals surface area (Å²) in [4.78, 5) is 4.97. The van der Waals surface area contributed by atoms with Crippen molar-refractivity contribution in [1.82, 2.24) is 4.90 Å². The van der Waals surface area contributed by atoms with Crippen molar-refractivity contribution in [2.45, 2.75) is 45.1 Å². The Kier molecular flexibility index (Phi) is 4.58. The van der Waals surface area contributed by atoms with Crippen LogP contribution in [0.25, 0.3) is 0 Å². The SMILES string of the molecule is CCc1ccc(C(C#N)N2CCCCCC2)s1. The fourth-order valence-electron chi connectivity index (χ4n) is 2.41. The predicted octanol–water partition coefficient (Wildman–Crippen LogP) is 3.75. The lowest BCUT2D eigenvalue weighted by molar-refractivity contribution is 0.248. The molecule has 0 aliphatic carbocycles. The molecule has 92 valence electrons. The van der Waals surface area contributed by atoms with Crippen molar-refractivity contribution in [3.05, 3.63) is 21.9 Å². The molecule has 0 N–H and O–H groups in total. The van der Waals surface area contributed by atoms with E-state index in [1.54, 1.807) is 11.3 Å². The second-order valence-corrected chi connectivity index (χ2v) is 5.84. The van der Waals surface area contributed by atoms with E-state index in [1.165, 1.54) is 35.4 Å². The zero-order chi connectivity index (χ0) is 12.1. The molecular formula is C14H20N2S. The number of hydrogen-bond donors (Lipinski definition) is 0. The molecule has 2 heterocycles. The van der Waals surface area contributed by atoms with E-state index >= 15 is 0 Å². The van der Waals surface area contributed by atoms with Crippen LogP contribution in [0.15, 0.2) is 12.1 Å². The monoisotopic (exact) mass is 248 g/mol. The van der Waals surface area contributed by atoms with Crippen LogP contribution in [0.5, 0.6) is 0 Å². The van der Waals surface area contributed by atoms with Crippen LogP contribution in [-0.2, 0) is 6.42 Å². The van der Waals surface area contributed by atoms with Gasteiger partial charge in [0.2, 0.25) is 0 Å². The Hall–Kier alpha value is -0.850. The van der Waals surface area contributed by atoms with E-state index in [4.69, 9.17) is 0 Å². The average Bonchev–Trinajstić information content (AvgIpc) is 2.66. The first-order valence-corrected chi connectivity index (χ1v) is 7.39. The van der Waals surface area contributed by atoms with Gasteiger partial charge in [-0.3, -0.25) is 4.90 Å². The van der Waals surface area contributed by atoms with Crippen LogP contribution >= 0.6 is 11.3 Å². The molecule has 17 heavy (non-hydrogen) atoms. The Labute approximate surface area is 108 Å². The molecule has 0 bridgehead atoms. The number of thiophene rings is 1. The smallest absolute Gasteiger partial charge is 0.133 e. The summed E-state index contributed by atoms with van der Waals surface area (Å²) in [5, 5.41) is 9.42. The maximum Gasteiger partial charge on any atom is 0.133 e. The first kappa shape index (κ1) is 12.6. The highest BCUT2D eigenvalue weighted by Crippen LogP contribution is 2.29. The minimum absolute atomic E-state index is 0.0154. The molecule has 1 aromatic heterocycles. The van der Waals surface area contributed by atoms with Gasteiger partial charge in [0.05, 0.1) is 6.07 Å². The Morgan fingerprint density at radius 3 is 2.53 bits per heavy atom. The molecule has 1 saturated heterocycles. The van der Waals surface area contributed by atoms with Gasteiger partial charge in [0, 0.05) is 9.75 Å². The lowest BCUT2D eigenvalue weighted by Crippen LogP contribution is -2.28. The summed E-state index contributed by atoms with van der Waals surface area (Å²) in [5.41, 5.74) is 0. The molecule has 1 aromatic rings.